The van der Waals surface area contributed by atoms with Gasteiger partial charge in [0.2, 0.25) is 47.3 Å². The first-order valence-corrected chi connectivity index (χ1v) is 24.6. The lowest BCUT2D eigenvalue weighted by molar-refractivity contribution is -0.459. The van der Waals surface area contributed by atoms with Crippen LogP contribution in [0.25, 0.3) is 0 Å². The topological polar surface area (TPSA) is 463 Å². The van der Waals surface area contributed by atoms with E-state index in [9.17, 15) is 63.0 Å². The van der Waals surface area contributed by atoms with Crippen molar-refractivity contribution in [1.82, 2.24) is 42.1 Å². The molecule has 0 aromatic carbocycles. The van der Waals surface area contributed by atoms with Crippen molar-refractivity contribution < 1.29 is 79.4 Å². The second-order valence-corrected chi connectivity index (χ2v) is 18.9. The largest absolute Gasteiger partial charge is 0.481 e. The number of carboxylic acids is 2. The van der Waals surface area contributed by atoms with E-state index in [1.165, 1.54) is 0 Å². The van der Waals surface area contributed by atoms with Crippen molar-refractivity contribution >= 4 is 71.1 Å². The number of primary amides is 1. The number of nitrogens with one attached hydrogen (secondary N) is 8. The molecule has 0 saturated carbocycles. The highest BCUT2D eigenvalue weighted by molar-refractivity contribution is 5.99. The van der Waals surface area contributed by atoms with E-state index in [1.807, 2.05) is 0 Å². The highest BCUT2D eigenvalue weighted by Crippen LogP contribution is 2.21. The molecule has 1 aliphatic rings. The van der Waals surface area contributed by atoms with Crippen molar-refractivity contribution in [3.8, 4) is 0 Å². The number of nitrogens with two attached hydrogens (primary N) is 3. The third-order valence-corrected chi connectivity index (χ3v) is 12.0. The zero-order chi connectivity index (χ0) is 54.8. The van der Waals surface area contributed by atoms with Gasteiger partial charge in [0.05, 0.1) is 19.5 Å². The zero-order valence-electron chi connectivity index (χ0n) is 42.6. The molecule has 0 aliphatic carbocycles. The number of carbonyl (C=O) groups excluding carboxylic acids is 9. The van der Waals surface area contributed by atoms with Crippen LogP contribution in [-0.2, 0) is 52.7 Å². The van der Waals surface area contributed by atoms with E-state index < -0.39 is 145 Å². The monoisotopic (exact) mass is 1030 g/mol. The van der Waals surface area contributed by atoms with Gasteiger partial charge in [-0.05, 0) is 75.5 Å². The highest BCUT2D eigenvalue weighted by atomic mass is 16.4. The van der Waals surface area contributed by atoms with Gasteiger partial charge in [0, 0.05) is 13.0 Å². The number of carbonyl (C=O) groups is 11. The Hall–Kier alpha value is -6.64. The first-order valence-electron chi connectivity index (χ1n) is 24.6. The molecule has 1 saturated heterocycles. The lowest BCUT2D eigenvalue weighted by Crippen LogP contribution is -2.78. The SMILES string of the molecule is CC[C@H](C)[C@H](NC(=O)[C@@H]1CCCN1C(=O)[C@H](CCC(=O)O)NC(=O)[C@H](CC(N)=O)NC(=O)[C@H](CC(C)C)NC(=O)[C@H](CCC[NH+]=C(N)N)NC(=O)C[NH3+])C(=O)N[C@@H](CCCC[NH3+])C(=O)N[C@H](C(=O)O)C(C)C. The van der Waals surface area contributed by atoms with Crippen LogP contribution in [0.2, 0.25) is 0 Å². The molecule has 9 amide bonds. The molecule has 0 bridgehead atoms. The normalized spacial score (nSPS) is 16.6. The van der Waals surface area contributed by atoms with Crippen LogP contribution in [0.1, 0.15) is 119 Å². The van der Waals surface area contributed by atoms with E-state index in [0.29, 0.717) is 38.6 Å². The maximum Gasteiger partial charge on any atom is 0.338 e. The summed E-state index contributed by atoms with van der Waals surface area (Å²) in [6, 6.07) is -10.7. The van der Waals surface area contributed by atoms with Gasteiger partial charge in [-0.3, -0.25) is 64.4 Å². The second kappa shape index (κ2) is 32.4. The Balaban J connectivity index is 3.46. The Bertz CT molecular complexity index is 1910. The maximum absolute atomic E-state index is 14.3. The summed E-state index contributed by atoms with van der Waals surface area (Å²) >= 11 is 0. The smallest absolute Gasteiger partial charge is 0.338 e. The molecule has 1 aliphatic heterocycles. The number of carboxylic acid groups (broad SMARTS) is 2. The predicted octanol–water partition coefficient (Wildman–Crippen LogP) is -7.27. The minimum atomic E-state index is -1.75. The molecule has 27 nitrogen and oxygen atoms in total. The van der Waals surface area contributed by atoms with Gasteiger partial charge in [0.25, 0.3) is 5.91 Å². The number of unbranched alkanes of at least 4 members (excludes halogenated alkanes) is 1. The molecular weight excluding hydrogens is 945 g/mol. The van der Waals surface area contributed by atoms with Gasteiger partial charge < -0.3 is 69.5 Å². The van der Waals surface area contributed by atoms with Crippen LogP contribution in [0.4, 0.5) is 0 Å². The minimum absolute atomic E-state index is 0.0179. The van der Waals surface area contributed by atoms with E-state index >= 15 is 0 Å². The zero-order valence-corrected chi connectivity index (χ0v) is 42.6. The molecule has 9 atom stereocenters. The van der Waals surface area contributed by atoms with Gasteiger partial charge in [-0.2, -0.15) is 0 Å². The van der Waals surface area contributed by atoms with Crippen molar-refractivity contribution in [2.24, 2.45) is 35.0 Å². The third-order valence-electron chi connectivity index (χ3n) is 12.0. The highest BCUT2D eigenvalue weighted by Gasteiger charge is 2.41. The minimum Gasteiger partial charge on any atom is -0.481 e. The van der Waals surface area contributed by atoms with Gasteiger partial charge in [0.15, 0.2) is 6.54 Å². The molecule has 0 aromatic heterocycles. The summed E-state index contributed by atoms with van der Waals surface area (Å²) in [5.74, 6) is -11.3. The van der Waals surface area contributed by atoms with E-state index in [2.05, 4.69) is 53.7 Å². The number of rotatable bonds is 34. The summed E-state index contributed by atoms with van der Waals surface area (Å²) in [4.78, 5) is 149. The summed E-state index contributed by atoms with van der Waals surface area (Å²) in [5.41, 5.74) is 23.7. The van der Waals surface area contributed by atoms with Crippen molar-refractivity contribution in [3.05, 3.63) is 0 Å². The van der Waals surface area contributed by atoms with Gasteiger partial charge in [-0.25, -0.2) is 4.79 Å². The molecule has 0 spiro atoms. The van der Waals surface area contributed by atoms with Gasteiger partial charge in [-0.1, -0.05) is 48.0 Å². The molecular formula is C45H83N14O13+3. The second-order valence-electron chi connectivity index (χ2n) is 18.9. The van der Waals surface area contributed by atoms with Crippen LogP contribution in [-0.4, -0.2) is 161 Å². The molecule has 1 fully saturated rings. The molecule has 0 radical (unpaired) electrons. The van der Waals surface area contributed by atoms with E-state index in [-0.39, 0.29) is 57.2 Å². The lowest BCUT2D eigenvalue weighted by atomic mass is 9.96. The molecule has 0 unspecified atom stereocenters. The summed E-state index contributed by atoms with van der Waals surface area (Å²) in [6.07, 6.45) is 0.518. The Morgan fingerprint density at radius 2 is 1.22 bits per heavy atom. The Morgan fingerprint density at radius 1 is 0.667 bits per heavy atom. The van der Waals surface area contributed by atoms with Crippen LogP contribution in [0.5, 0.6) is 0 Å². The number of nitrogens with zero attached hydrogens (tertiary/aromatic N) is 1. The van der Waals surface area contributed by atoms with E-state index in [1.54, 1.807) is 41.5 Å². The van der Waals surface area contributed by atoms with Crippen molar-refractivity contribution in [2.45, 2.75) is 167 Å². The summed E-state index contributed by atoms with van der Waals surface area (Å²) in [6.45, 7) is 10.8. The van der Waals surface area contributed by atoms with Crippen LogP contribution in [0, 0.1) is 17.8 Å². The Labute approximate surface area is 419 Å². The van der Waals surface area contributed by atoms with Crippen LogP contribution in [0.15, 0.2) is 0 Å². The molecule has 408 valence electrons. The number of quaternary nitrogens is 2. The molecule has 1 heterocycles. The van der Waals surface area contributed by atoms with Gasteiger partial charge in [0.1, 0.15) is 48.3 Å². The fourth-order valence-corrected chi connectivity index (χ4v) is 7.81. The Morgan fingerprint density at radius 3 is 1.76 bits per heavy atom. The summed E-state index contributed by atoms with van der Waals surface area (Å²) in [5, 5.41) is 37.2. The lowest BCUT2D eigenvalue weighted by Gasteiger charge is -2.32. The van der Waals surface area contributed by atoms with E-state index in [0.717, 1.165) is 4.90 Å². The average molecular weight is 1030 g/mol. The third kappa shape index (κ3) is 22.6. The average Bonchev–Trinajstić information content (AvgIpc) is 3.80. The summed E-state index contributed by atoms with van der Waals surface area (Å²) in [7, 11) is 0. The molecule has 22 N–H and O–H groups in total. The molecule has 0 aromatic rings. The predicted molar refractivity (Wildman–Crippen MR) is 258 cm³/mol. The summed E-state index contributed by atoms with van der Waals surface area (Å²) < 4.78 is 0. The van der Waals surface area contributed by atoms with Crippen LogP contribution >= 0.6 is 0 Å². The first kappa shape index (κ1) is 63.4. The van der Waals surface area contributed by atoms with Gasteiger partial charge in [-0.15, -0.1) is 0 Å². The number of aliphatic carboxylic acids is 2. The quantitative estimate of drug-likeness (QED) is 0.0162. The van der Waals surface area contributed by atoms with Crippen molar-refractivity contribution in [1.29, 1.82) is 0 Å². The Kier molecular flexibility index (Phi) is 28.5. The number of hydrogen-bond acceptors (Lipinski definition) is 11. The van der Waals surface area contributed by atoms with Crippen molar-refractivity contribution in [3.63, 3.8) is 0 Å². The number of hydrogen-bond donors (Lipinski definition) is 15. The standard InChI is InChI=1S/C45H80N14O13/c1-7-25(6)36(42(69)53-27(12-8-9-17-46)38(65)57-35(24(4)5)44(71)72)58-41(68)31-14-11-19-59(31)43(70)28(15-16-34(62)63)54-40(67)30(21-32(48)60)56-39(66)29(20-23(2)3)55-37(64)26(52-33(61)22-47)13-10-18-51-45(49)50/h23-31,35-36H,7-22,46-47H2,1-6H3,(H2,48,60)(H,52,61)(H,53,69)(H,54,67)(H,55,64)(H,56,66)(H,57,65)(H,58,68)(H,62,63)(H,71,72)(H4,49,50,51)/p+3/t25-,26-,27-,28-,29-,30-,31-,35-,36-/m0/s1. The fraction of sp³-hybridized carbons (Fsp3) is 0.733. The maximum atomic E-state index is 14.3. The van der Waals surface area contributed by atoms with Gasteiger partial charge >= 0.3 is 17.9 Å². The van der Waals surface area contributed by atoms with Crippen LogP contribution < -0.4 is 70.9 Å². The molecule has 27 heteroatoms. The number of amides is 9. The fourth-order valence-electron chi connectivity index (χ4n) is 7.81. The first-order chi connectivity index (χ1) is 33.8. The van der Waals surface area contributed by atoms with E-state index in [4.69, 9.17) is 17.2 Å². The molecule has 1 rings (SSSR count). The number of guanidine groups is 1. The molecule has 72 heavy (non-hydrogen) atoms. The van der Waals surface area contributed by atoms with Crippen molar-refractivity contribution in [2.75, 3.05) is 26.2 Å². The van der Waals surface area contributed by atoms with Crippen LogP contribution in [0.3, 0.4) is 0 Å². The number of likely N-dealkylation sites (tertiary alicyclic amines) is 1.